The molecule has 0 bridgehead atoms. The predicted octanol–water partition coefficient (Wildman–Crippen LogP) is 3.02. The Bertz CT molecular complexity index is 457. The summed E-state index contributed by atoms with van der Waals surface area (Å²) < 4.78 is 0. The maximum atomic E-state index is 10.8. The molecule has 0 heterocycles. The first kappa shape index (κ1) is 14.3. The van der Waals surface area contributed by atoms with Gasteiger partial charge < -0.3 is 5.32 Å². The third-order valence-electron chi connectivity index (χ3n) is 2.41. The third-order valence-corrected chi connectivity index (χ3v) is 3.11. The van der Waals surface area contributed by atoms with Gasteiger partial charge in [0.2, 0.25) is 0 Å². The van der Waals surface area contributed by atoms with Crippen molar-refractivity contribution in [3.63, 3.8) is 0 Å². The zero-order chi connectivity index (χ0) is 13.4. The summed E-state index contributed by atoms with van der Waals surface area (Å²) in [4.78, 5) is 10.4. The van der Waals surface area contributed by atoms with E-state index >= 15 is 0 Å². The molecular formula is C12H15N3O2S. The lowest BCUT2D eigenvalue weighted by molar-refractivity contribution is -0.384. The van der Waals surface area contributed by atoms with E-state index in [1.54, 1.807) is 11.8 Å². The van der Waals surface area contributed by atoms with Crippen LogP contribution in [0.25, 0.3) is 0 Å². The summed E-state index contributed by atoms with van der Waals surface area (Å²) >= 11 is 1.78. The number of thioether (sulfide) groups is 1. The highest BCUT2D eigenvalue weighted by atomic mass is 32.2. The van der Waals surface area contributed by atoms with E-state index in [0.29, 0.717) is 17.8 Å². The molecule has 6 heteroatoms. The molecule has 1 aromatic carbocycles. The highest BCUT2D eigenvalue weighted by Gasteiger charge is 2.13. The number of rotatable bonds is 7. The minimum atomic E-state index is -0.439. The van der Waals surface area contributed by atoms with Crippen LogP contribution >= 0.6 is 11.8 Å². The number of nitrogens with one attached hydrogen (secondary N) is 1. The molecule has 1 rings (SSSR count). The fourth-order valence-electron chi connectivity index (χ4n) is 1.50. The molecule has 1 N–H and O–H groups in total. The van der Waals surface area contributed by atoms with Crippen molar-refractivity contribution in [3.8, 4) is 6.07 Å². The second-order valence-electron chi connectivity index (χ2n) is 3.73. The molecule has 96 valence electrons. The van der Waals surface area contributed by atoms with Crippen molar-refractivity contribution in [1.82, 2.24) is 0 Å². The predicted molar refractivity (Wildman–Crippen MR) is 73.9 cm³/mol. The first-order valence-electron chi connectivity index (χ1n) is 5.60. The molecule has 0 aliphatic carbocycles. The summed E-state index contributed by atoms with van der Waals surface area (Å²) in [5.41, 5.74) is 0.856. The van der Waals surface area contributed by atoms with Gasteiger partial charge in [0.25, 0.3) is 5.69 Å². The maximum Gasteiger partial charge on any atom is 0.292 e. The minimum absolute atomic E-state index is 0.0128. The Morgan fingerprint density at radius 2 is 2.28 bits per heavy atom. The SMILES string of the molecule is CSCCCCNc1cc(C#N)ccc1[N+](=O)[O-]. The van der Waals surface area contributed by atoms with Crippen molar-refractivity contribution in [2.45, 2.75) is 12.8 Å². The molecule has 0 aliphatic heterocycles. The molecule has 0 saturated heterocycles. The molecule has 0 aliphatic rings. The molecule has 0 atom stereocenters. The smallest absolute Gasteiger partial charge is 0.292 e. The molecule has 5 nitrogen and oxygen atoms in total. The van der Waals surface area contributed by atoms with Gasteiger partial charge in [-0.05, 0) is 37.0 Å². The fraction of sp³-hybridized carbons (Fsp3) is 0.417. The number of nitro groups is 1. The van der Waals surface area contributed by atoms with Gasteiger partial charge in [0, 0.05) is 12.6 Å². The molecule has 0 radical (unpaired) electrons. The standard InChI is InChI=1S/C12H15N3O2S/c1-18-7-3-2-6-14-11-8-10(9-13)4-5-12(11)15(16)17/h4-5,8,14H,2-3,6-7H2,1H3. The lowest BCUT2D eigenvalue weighted by atomic mass is 10.2. The molecule has 0 aromatic heterocycles. The van der Waals surface area contributed by atoms with Crippen LogP contribution in [0.3, 0.4) is 0 Å². The maximum absolute atomic E-state index is 10.8. The average molecular weight is 265 g/mol. The number of hydrogen-bond donors (Lipinski definition) is 1. The van der Waals surface area contributed by atoms with E-state index in [9.17, 15) is 10.1 Å². The van der Waals surface area contributed by atoms with Gasteiger partial charge in [-0.1, -0.05) is 0 Å². The van der Waals surface area contributed by atoms with Crippen LogP contribution in [0.15, 0.2) is 18.2 Å². The van der Waals surface area contributed by atoms with Gasteiger partial charge in [-0.2, -0.15) is 17.0 Å². The molecular weight excluding hydrogens is 250 g/mol. The van der Waals surface area contributed by atoms with E-state index < -0.39 is 4.92 Å². The van der Waals surface area contributed by atoms with E-state index in [-0.39, 0.29) is 5.69 Å². The fourth-order valence-corrected chi connectivity index (χ4v) is 1.99. The van der Waals surface area contributed by atoms with Crippen molar-refractivity contribution in [2.75, 3.05) is 23.9 Å². The number of unbranched alkanes of at least 4 members (excludes halogenated alkanes) is 1. The molecule has 1 aromatic rings. The normalized spacial score (nSPS) is 9.78. The van der Waals surface area contributed by atoms with Gasteiger partial charge in [0.05, 0.1) is 16.6 Å². The van der Waals surface area contributed by atoms with Crippen LogP contribution in [0.4, 0.5) is 11.4 Å². The first-order valence-corrected chi connectivity index (χ1v) is 6.99. The van der Waals surface area contributed by atoms with E-state index in [0.717, 1.165) is 18.6 Å². The average Bonchev–Trinajstić information content (AvgIpc) is 2.38. The lowest BCUT2D eigenvalue weighted by Crippen LogP contribution is -2.05. The van der Waals surface area contributed by atoms with Crippen LogP contribution in [0, 0.1) is 21.4 Å². The number of nitriles is 1. The third kappa shape index (κ3) is 4.26. The zero-order valence-electron chi connectivity index (χ0n) is 10.2. The van der Waals surface area contributed by atoms with Gasteiger partial charge in [-0.3, -0.25) is 10.1 Å². The van der Waals surface area contributed by atoms with Crippen molar-refractivity contribution >= 4 is 23.1 Å². The summed E-state index contributed by atoms with van der Waals surface area (Å²) in [6, 6.07) is 6.32. The minimum Gasteiger partial charge on any atom is -0.379 e. The molecule has 0 unspecified atom stereocenters. The summed E-state index contributed by atoms with van der Waals surface area (Å²) in [6.07, 6.45) is 4.07. The Labute approximate surface area is 110 Å². The van der Waals surface area contributed by atoms with E-state index in [1.807, 2.05) is 6.07 Å². The highest BCUT2D eigenvalue weighted by Crippen LogP contribution is 2.25. The Kier molecular flexibility index (Phi) is 6.01. The van der Waals surface area contributed by atoms with Crippen LogP contribution in [0.2, 0.25) is 0 Å². The van der Waals surface area contributed by atoms with E-state index in [2.05, 4.69) is 11.6 Å². The Balaban J connectivity index is 2.67. The van der Waals surface area contributed by atoms with Crippen molar-refractivity contribution in [3.05, 3.63) is 33.9 Å². The first-order chi connectivity index (χ1) is 8.69. The van der Waals surface area contributed by atoms with Crippen LogP contribution in [0.5, 0.6) is 0 Å². The van der Waals surface area contributed by atoms with E-state index in [4.69, 9.17) is 5.26 Å². The number of nitro benzene ring substituents is 1. The van der Waals surface area contributed by atoms with Gasteiger partial charge in [0.1, 0.15) is 5.69 Å². The van der Waals surface area contributed by atoms with Gasteiger partial charge >= 0.3 is 0 Å². The Morgan fingerprint density at radius 3 is 2.89 bits per heavy atom. The van der Waals surface area contributed by atoms with Gasteiger partial charge in [-0.25, -0.2) is 0 Å². The van der Waals surface area contributed by atoms with Crippen molar-refractivity contribution < 1.29 is 4.92 Å². The van der Waals surface area contributed by atoms with Crippen molar-refractivity contribution in [2.24, 2.45) is 0 Å². The molecule has 0 amide bonds. The van der Waals surface area contributed by atoms with Crippen LogP contribution in [-0.4, -0.2) is 23.5 Å². The lowest BCUT2D eigenvalue weighted by Gasteiger charge is -2.07. The number of nitrogens with zero attached hydrogens (tertiary/aromatic N) is 2. The summed E-state index contributed by atoms with van der Waals surface area (Å²) in [5, 5.41) is 22.6. The van der Waals surface area contributed by atoms with Crippen molar-refractivity contribution in [1.29, 1.82) is 5.26 Å². The van der Waals surface area contributed by atoms with E-state index in [1.165, 1.54) is 18.2 Å². The Morgan fingerprint density at radius 1 is 1.50 bits per heavy atom. The van der Waals surface area contributed by atoms with Crippen LogP contribution in [-0.2, 0) is 0 Å². The second kappa shape index (κ2) is 7.56. The Hall–Kier alpha value is -1.74. The quantitative estimate of drug-likeness (QED) is 0.465. The van der Waals surface area contributed by atoms with Crippen LogP contribution in [0.1, 0.15) is 18.4 Å². The number of hydrogen-bond acceptors (Lipinski definition) is 5. The van der Waals surface area contributed by atoms with Gasteiger partial charge in [-0.15, -0.1) is 0 Å². The van der Waals surface area contributed by atoms with Crippen LogP contribution < -0.4 is 5.32 Å². The summed E-state index contributed by atoms with van der Waals surface area (Å²) in [5.74, 6) is 1.09. The number of anilines is 1. The topological polar surface area (TPSA) is 79.0 Å². The molecule has 18 heavy (non-hydrogen) atoms. The van der Waals surface area contributed by atoms with Gasteiger partial charge in [0.15, 0.2) is 0 Å². The number of benzene rings is 1. The molecule has 0 spiro atoms. The zero-order valence-corrected chi connectivity index (χ0v) is 11.0. The summed E-state index contributed by atoms with van der Waals surface area (Å²) in [7, 11) is 0. The molecule has 0 saturated carbocycles. The highest BCUT2D eigenvalue weighted by molar-refractivity contribution is 7.98. The monoisotopic (exact) mass is 265 g/mol. The molecule has 0 fully saturated rings. The summed E-state index contributed by atoms with van der Waals surface area (Å²) in [6.45, 7) is 0.677. The second-order valence-corrected chi connectivity index (χ2v) is 4.71. The largest absolute Gasteiger partial charge is 0.379 e.